The highest BCUT2D eigenvalue weighted by molar-refractivity contribution is 5.89. The van der Waals surface area contributed by atoms with Crippen LogP contribution in [0.15, 0.2) is 0 Å². The van der Waals surface area contributed by atoms with Crippen LogP contribution >= 0.6 is 0 Å². The molecule has 1 aromatic rings. The molecule has 0 bridgehead atoms. The van der Waals surface area contributed by atoms with E-state index in [1.54, 1.807) is 0 Å². The molecule has 1 aliphatic rings. The summed E-state index contributed by atoms with van der Waals surface area (Å²) in [5.41, 5.74) is 2.19. The van der Waals surface area contributed by atoms with Crippen LogP contribution < -0.4 is 5.32 Å². The van der Waals surface area contributed by atoms with Gasteiger partial charge in [-0.2, -0.15) is 0 Å². The fraction of sp³-hybridized carbons (Fsp3) is 0.545. The fourth-order valence-electron chi connectivity index (χ4n) is 1.71. The van der Waals surface area contributed by atoms with Gasteiger partial charge < -0.3 is 10.1 Å². The Morgan fingerprint density at radius 3 is 2.75 bits per heavy atom. The van der Waals surface area contributed by atoms with Gasteiger partial charge in [-0.3, -0.25) is 0 Å². The molecule has 1 N–H and O–H groups in total. The number of carbonyl (C=O) groups is 1. The molecule has 5 heteroatoms. The third-order valence-corrected chi connectivity index (χ3v) is 2.60. The van der Waals surface area contributed by atoms with E-state index in [1.807, 2.05) is 13.8 Å². The topological polar surface area (TPSA) is 64.1 Å². The summed E-state index contributed by atoms with van der Waals surface area (Å²) in [6.07, 6.45) is 0. The molecular formula is C11H15N3O2. The highest BCUT2D eigenvalue weighted by Crippen LogP contribution is 2.20. The minimum atomic E-state index is -0.385. The molecule has 0 radical (unpaired) electrons. The van der Waals surface area contributed by atoms with Crippen LogP contribution in [0.4, 0.5) is 0 Å². The van der Waals surface area contributed by atoms with E-state index < -0.39 is 0 Å². The second-order valence-corrected chi connectivity index (χ2v) is 4.11. The lowest BCUT2D eigenvalue weighted by atomic mass is 10.1. The molecule has 0 amide bonds. The smallest absolute Gasteiger partial charge is 0.357 e. The molecule has 1 aliphatic heterocycles. The summed E-state index contributed by atoms with van der Waals surface area (Å²) in [6.45, 7) is 5.34. The zero-order valence-electron chi connectivity index (χ0n) is 9.70. The molecule has 0 unspecified atom stereocenters. The van der Waals surface area contributed by atoms with Gasteiger partial charge in [-0.1, -0.05) is 13.8 Å². The minimum absolute atomic E-state index is 0.203. The standard InChI is InChI=1S/C11H15N3O2/c1-6(2)10-13-8-5-12-4-7(8)9(14-10)11(15)16-3/h6,12H,4-5H2,1-3H3. The van der Waals surface area contributed by atoms with Crippen molar-refractivity contribution < 1.29 is 9.53 Å². The molecule has 0 aromatic carbocycles. The summed E-state index contributed by atoms with van der Waals surface area (Å²) in [5, 5.41) is 3.16. The van der Waals surface area contributed by atoms with Crippen LogP contribution in [0, 0.1) is 0 Å². The fourth-order valence-corrected chi connectivity index (χ4v) is 1.71. The van der Waals surface area contributed by atoms with E-state index in [9.17, 15) is 4.79 Å². The van der Waals surface area contributed by atoms with Gasteiger partial charge in [0.05, 0.1) is 12.8 Å². The van der Waals surface area contributed by atoms with E-state index in [-0.39, 0.29) is 11.9 Å². The predicted octanol–water partition coefficient (Wildman–Crippen LogP) is 0.990. The summed E-state index contributed by atoms with van der Waals surface area (Å²) in [5.74, 6) is 0.515. The Morgan fingerprint density at radius 1 is 1.38 bits per heavy atom. The number of carbonyl (C=O) groups excluding carboxylic acids is 1. The van der Waals surface area contributed by atoms with E-state index in [0.717, 1.165) is 11.3 Å². The third kappa shape index (κ3) is 1.78. The monoisotopic (exact) mass is 221 g/mol. The van der Waals surface area contributed by atoms with Crippen LogP contribution in [-0.4, -0.2) is 23.0 Å². The zero-order valence-corrected chi connectivity index (χ0v) is 9.70. The number of nitrogens with zero attached hydrogens (tertiary/aromatic N) is 2. The van der Waals surface area contributed by atoms with Crippen molar-refractivity contribution in [3.05, 3.63) is 22.8 Å². The van der Waals surface area contributed by atoms with Crippen molar-refractivity contribution in [2.75, 3.05) is 7.11 Å². The highest BCUT2D eigenvalue weighted by atomic mass is 16.5. The molecule has 0 saturated carbocycles. The van der Waals surface area contributed by atoms with Crippen molar-refractivity contribution in [1.82, 2.24) is 15.3 Å². The van der Waals surface area contributed by atoms with Crippen molar-refractivity contribution in [3.8, 4) is 0 Å². The number of rotatable bonds is 2. The Hall–Kier alpha value is -1.49. The Labute approximate surface area is 94.2 Å². The van der Waals surface area contributed by atoms with Gasteiger partial charge in [-0.05, 0) is 0 Å². The minimum Gasteiger partial charge on any atom is -0.464 e. The van der Waals surface area contributed by atoms with Gasteiger partial charge in [0.15, 0.2) is 5.69 Å². The molecule has 0 atom stereocenters. The van der Waals surface area contributed by atoms with E-state index in [4.69, 9.17) is 4.74 Å². The van der Waals surface area contributed by atoms with Crippen LogP contribution in [0.5, 0.6) is 0 Å². The second-order valence-electron chi connectivity index (χ2n) is 4.11. The molecule has 1 aromatic heterocycles. The average molecular weight is 221 g/mol. The largest absolute Gasteiger partial charge is 0.464 e. The number of ether oxygens (including phenoxy) is 1. The van der Waals surface area contributed by atoms with Gasteiger partial charge in [0.25, 0.3) is 0 Å². The summed E-state index contributed by atoms with van der Waals surface area (Å²) in [6, 6.07) is 0. The van der Waals surface area contributed by atoms with Crippen LogP contribution in [-0.2, 0) is 17.8 Å². The number of aromatic nitrogens is 2. The number of hydrogen-bond acceptors (Lipinski definition) is 5. The molecule has 0 saturated heterocycles. The normalized spacial score (nSPS) is 14.0. The Balaban J connectivity index is 2.53. The quantitative estimate of drug-likeness (QED) is 0.754. The first-order valence-corrected chi connectivity index (χ1v) is 5.32. The first kappa shape index (κ1) is 11.0. The van der Waals surface area contributed by atoms with Crippen LogP contribution in [0.2, 0.25) is 0 Å². The van der Waals surface area contributed by atoms with E-state index >= 15 is 0 Å². The van der Waals surface area contributed by atoms with E-state index in [0.29, 0.717) is 24.6 Å². The first-order valence-electron chi connectivity index (χ1n) is 5.32. The van der Waals surface area contributed by atoms with E-state index in [2.05, 4.69) is 15.3 Å². The Morgan fingerprint density at radius 2 is 2.12 bits per heavy atom. The molecule has 0 aliphatic carbocycles. The molecule has 2 rings (SSSR count). The van der Waals surface area contributed by atoms with Gasteiger partial charge in [0.1, 0.15) is 5.82 Å². The number of hydrogen-bond donors (Lipinski definition) is 1. The molecule has 16 heavy (non-hydrogen) atoms. The van der Waals surface area contributed by atoms with Crippen LogP contribution in [0.1, 0.15) is 47.3 Å². The summed E-state index contributed by atoms with van der Waals surface area (Å²) >= 11 is 0. The number of methoxy groups -OCH3 is 1. The van der Waals surface area contributed by atoms with Gasteiger partial charge in [0, 0.05) is 24.6 Å². The molecule has 0 fully saturated rings. The molecule has 2 heterocycles. The van der Waals surface area contributed by atoms with Crippen molar-refractivity contribution >= 4 is 5.97 Å². The Kier molecular flexibility index (Phi) is 2.87. The third-order valence-electron chi connectivity index (χ3n) is 2.60. The van der Waals surface area contributed by atoms with Gasteiger partial charge >= 0.3 is 5.97 Å². The van der Waals surface area contributed by atoms with Gasteiger partial charge in [0.2, 0.25) is 0 Å². The maximum Gasteiger partial charge on any atom is 0.357 e. The lowest BCUT2D eigenvalue weighted by Gasteiger charge is -2.09. The van der Waals surface area contributed by atoms with Crippen molar-refractivity contribution in [3.63, 3.8) is 0 Å². The molecule has 5 nitrogen and oxygen atoms in total. The average Bonchev–Trinajstić information content (AvgIpc) is 2.74. The number of fused-ring (bicyclic) bond motifs is 1. The van der Waals surface area contributed by atoms with Crippen molar-refractivity contribution in [1.29, 1.82) is 0 Å². The SMILES string of the molecule is COC(=O)c1nc(C(C)C)nc2c1CNC2. The predicted molar refractivity (Wildman–Crippen MR) is 58.0 cm³/mol. The molecule has 86 valence electrons. The van der Waals surface area contributed by atoms with Gasteiger partial charge in [-0.15, -0.1) is 0 Å². The lowest BCUT2D eigenvalue weighted by molar-refractivity contribution is 0.0592. The second kappa shape index (κ2) is 4.17. The van der Waals surface area contributed by atoms with Crippen LogP contribution in [0.3, 0.4) is 0 Å². The summed E-state index contributed by atoms with van der Waals surface area (Å²) in [4.78, 5) is 20.3. The molecular weight excluding hydrogens is 206 g/mol. The number of nitrogens with one attached hydrogen (secondary N) is 1. The Bertz CT molecular complexity index is 429. The maximum absolute atomic E-state index is 11.6. The lowest BCUT2D eigenvalue weighted by Crippen LogP contribution is -2.13. The van der Waals surface area contributed by atoms with Crippen LogP contribution in [0.25, 0.3) is 0 Å². The van der Waals surface area contributed by atoms with E-state index in [1.165, 1.54) is 7.11 Å². The van der Waals surface area contributed by atoms with Crippen molar-refractivity contribution in [2.45, 2.75) is 32.9 Å². The highest BCUT2D eigenvalue weighted by Gasteiger charge is 2.24. The summed E-state index contributed by atoms with van der Waals surface area (Å²) in [7, 11) is 1.37. The number of esters is 1. The maximum atomic E-state index is 11.6. The summed E-state index contributed by atoms with van der Waals surface area (Å²) < 4.78 is 4.74. The first-order chi connectivity index (χ1) is 7.63. The zero-order chi connectivity index (χ0) is 11.7. The molecule has 0 spiro atoms. The van der Waals surface area contributed by atoms with Crippen molar-refractivity contribution in [2.24, 2.45) is 0 Å². The van der Waals surface area contributed by atoms with Gasteiger partial charge in [-0.25, -0.2) is 14.8 Å².